The smallest absolute Gasteiger partial charge is 0.233 e. The number of thioether (sulfide) groups is 1. The number of amides is 1. The third-order valence-corrected chi connectivity index (χ3v) is 5.79. The zero-order chi connectivity index (χ0) is 16.2. The van der Waals surface area contributed by atoms with Crippen LogP contribution in [0.1, 0.15) is 19.3 Å². The van der Waals surface area contributed by atoms with Gasteiger partial charge in [0.1, 0.15) is 0 Å². The molecule has 2 saturated heterocycles. The molecule has 1 atom stereocenters. The average molecular weight is 376 g/mol. The van der Waals surface area contributed by atoms with E-state index in [-0.39, 0.29) is 18.2 Å². The van der Waals surface area contributed by atoms with E-state index in [0.717, 1.165) is 30.7 Å². The molecule has 1 aromatic carbocycles. The summed E-state index contributed by atoms with van der Waals surface area (Å²) >= 11 is 13.6. The normalized spacial score (nSPS) is 22.5. The molecule has 3 rings (SSSR count). The first kappa shape index (κ1) is 17.4. The zero-order valence-corrected chi connectivity index (χ0v) is 15.0. The second-order valence-corrected chi connectivity index (χ2v) is 7.48. The molecule has 0 radical (unpaired) electrons. The number of nitrogens with zero attached hydrogens (tertiary/aromatic N) is 1. The Hall–Kier alpha value is -0.460. The topological polar surface area (TPSA) is 38.8 Å². The number of halogens is 2. The van der Waals surface area contributed by atoms with Gasteiger partial charge >= 0.3 is 0 Å². The van der Waals surface area contributed by atoms with Crippen LogP contribution in [0.15, 0.2) is 23.1 Å². The fourth-order valence-corrected chi connectivity index (χ4v) is 4.34. The maximum atomic E-state index is 12.7. The van der Waals surface area contributed by atoms with Crippen LogP contribution in [0.5, 0.6) is 0 Å². The van der Waals surface area contributed by atoms with Crippen molar-refractivity contribution in [3.05, 3.63) is 28.2 Å². The third kappa shape index (κ3) is 4.34. The fourth-order valence-electron chi connectivity index (χ4n) is 2.96. The van der Waals surface area contributed by atoms with Crippen LogP contribution in [0.2, 0.25) is 10.0 Å². The Bertz CT molecular complexity index is 566. The highest BCUT2D eigenvalue weighted by Gasteiger charge is 2.36. The van der Waals surface area contributed by atoms with Crippen molar-refractivity contribution in [1.82, 2.24) is 4.90 Å². The molecule has 0 aliphatic carbocycles. The minimum Gasteiger partial charge on any atom is -0.348 e. The van der Waals surface area contributed by atoms with Crippen LogP contribution in [0.4, 0.5) is 0 Å². The number of carbonyl (C=O) groups is 1. The molecule has 2 heterocycles. The van der Waals surface area contributed by atoms with E-state index in [0.29, 0.717) is 29.0 Å². The van der Waals surface area contributed by atoms with Crippen molar-refractivity contribution in [3.8, 4) is 0 Å². The molecule has 1 amide bonds. The molecule has 0 aromatic heterocycles. The number of hydrogen-bond donors (Lipinski definition) is 0. The molecule has 0 spiro atoms. The molecule has 0 bridgehead atoms. The SMILES string of the molecule is O=C(CSc1cc(Cl)ccc1Cl)N1CCCCC1C1OCCO1. The lowest BCUT2D eigenvalue weighted by Gasteiger charge is -2.38. The predicted octanol–water partition coefficient (Wildman–Crippen LogP) is 3.84. The van der Waals surface area contributed by atoms with E-state index in [9.17, 15) is 4.79 Å². The van der Waals surface area contributed by atoms with Gasteiger partial charge in [-0.3, -0.25) is 4.79 Å². The summed E-state index contributed by atoms with van der Waals surface area (Å²) in [5.74, 6) is 0.429. The van der Waals surface area contributed by atoms with Crippen molar-refractivity contribution in [1.29, 1.82) is 0 Å². The number of likely N-dealkylation sites (tertiary alicyclic amines) is 1. The number of benzene rings is 1. The minimum absolute atomic E-state index is 0.0224. The van der Waals surface area contributed by atoms with Gasteiger partial charge in [-0.1, -0.05) is 23.2 Å². The number of carbonyl (C=O) groups excluding carboxylic acids is 1. The van der Waals surface area contributed by atoms with E-state index >= 15 is 0 Å². The first-order chi connectivity index (χ1) is 11.1. The standard InChI is InChI=1S/C16H19Cl2NO3S/c17-11-4-5-12(18)14(9-11)23-10-15(20)19-6-2-1-3-13(19)16-21-7-8-22-16/h4-5,9,13,16H,1-3,6-8,10H2. The van der Waals surface area contributed by atoms with Gasteiger partial charge in [-0.15, -0.1) is 11.8 Å². The van der Waals surface area contributed by atoms with E-state index in [2.05, 4.69) is 0 Å². The van der Waals surface area contributed by atoms with Gasteiger partial charge in [-0.2, -0.15) is 0 Å². The quantitative estimate of drug-likeness (QED) is 0.749. The lowest BCUT2D eigenvalue weighted by molar-refractivity contribution is -0.148. The molecule has 2 aliphatic rings. The van der Waals surface area contributed by atoms with Crippen LogP contribution in [0.25, 0.3) is 0 Å². The van der Waals surface area contributed by atoms with Gasteiger partial charge in [0.2, 0.25) is 5.91 Å². The van der Waals surface area contributed by atoms with E-state index in [4.69, 9.17) is 32.7 Å². The molecule has 2 fully saturated rings. The average Bonchev–Trinajstić information content (AvgIpc) is 3.10. The number of ether oxygens (including phenoxy) is 2. The summed E-state index contributed by atoms with van der Waals surface area (Å²) in [6.07, 6.45) is 2.78. The van der Waals surface area contributed by atoms with E-state index < -0.39 is 0 Å². The van der Waals surface area contributed by atoms with Crippen molar-refractivity contribution in [2.24, 2.45) is 0 Å². The molecule has 126 valence electrons. The van der Waals surface area contributed by atoms with Gasteiger partial charge in [0.15, 0.2) is 6.29 Å². The minimum atomic E-state index is -0.279. The summed E-state index contributed by atoms with van der Waals surface area (Å²) in [4.78, 5) is 15.4. The second-order valence-electron chi connectivity index (χ2n) is 5.62. The highest BCUT2D eigenvalue weighted by molar-refractivity contribution is 8.00. The Kier molecular flexibility index (Phi) is 6.10. The Morgan fingerprint density at radius 3 is 2.83 bits per heavy atom. The lowest BCUT2D eigenvalue weighted by Crippen LogP contribution is -2.50. The van der Waals surface area contributed by atoms with Gasteiger partial charge in [-0.25, -0.2) is 0 Å². The maximum Gasteiger partial charge on any atom is 0.233 e. The largest absolute Gasteiger partial charge is 0.348 e. The van der Waals surface area contributed by atoms with Crippen molar-refractivity contribution in [2.45, 2.75) is 36.5 Å². The van der Waals surface area contributed by atoms with Crippen LogP contribution in [-0.4, -0.2) is 48.7 Å². The van der Waals surface area contributed by atoms with Crippen molar-refractivity contribution < 1.29 is 14.3 Å². The van der Waals surface area contributed by atoms with E-state index in [1.807, 2.05) is 4.90 Å². The molecular weight excluding hydrogens is 357 g/mol. The maximum absolute atomic E-state index is 12.7. The monoisotopic (exact) mass is 375 g/mol. The highest BCUT2D eigenvalue weighted by atomic mass is 35.5. The first-order valence-electron chi connectivity index (χ1n) is 7.75. The molecular formula is C16H19Cl2NO3S. The van der Waals surface area contributed by atoms with E-state index in [1.165, 1.54) is 11.8 Å². The highest BCUT2D eigenvalue weighted by Crippen LogP contribution is 2.31. The Labute approximate surface area is 150 Å². The van der Waals surface area contributed by atoms with Gasteiger partial charge in [-0.05, 0) is 37.5 Å². The van der Waals surface area contributed by atoms with Gasteiger partial charge in [0, 0.05) is 16.5 Å². The first-order valence-corrected chi connectivity index (χ1v) is 9.50. The van der Waals surface area contributed by atoms with Crippen LogP contribution >= 0.6 is 35.0 Å². The third-order valence-electron chi connectivity index (χ3n) is 4.08. The summed E-state index contributed by atoms with van der Waals surface area (Å²) in [6.45, 7) is 1.97. The number of hydrogen-bond acceptors (Lipinski definition) is 4. The van der Waals surface area contributed by atoms with Gasteiger partial charge in [0.25, 0.3) is 0 Å². The van der Waals surface area contributed by atoms with Crippen molar-refractivity contribution >= 4 is 40.9 Å². The van der Waals surface area contributed by atoms with E-state index in [1.54, 1.807) is 18.2 Å². The number of rotatable bonds is 4. The van der Waals surface area contributed by atoms with Crippen LogP contribution in [0, 0.1) is 0 Å². The van der Waals surface area contributed by atoms with Crippen molar-refractivity contribution in [3.63, 3.8) is 0 Å². The zero-order valence-electron chi connectivity index (χ0n) is 12.7. The molecule has 0 saturated carbocycles. The number of piperidine rings is 1. The summed E-state index contributed by atoms with van der Waals surface area (Å²) in [6, 6.07) is 5.30. The van der Waals surface area contributed by atoms with Crippen LogP contribution in [-0.2, 0) is 14.3 Å². The second kappa shape index (κ2) is 8.08. The van der Waals surface area contributed by atoms with Crippen LogP contribution in [0.3, 0.4) is 0 Å². The lowest BCUT2D eigenvalue weighted by atomic mass is 10.0. The predicted molar refractivity (Wildman–Crippen MR) is 92.2 cm³/mol. The molecule has 4 nitrogen and oxygen atoms in total. The van der Waals surface area contributed by atoms with Crippen LogP contribution < -0.4 is 0 Å². The molecule has 2 aliphatic heterocycles. The van der Waals surface area contributed by atoms with Crippen molar-refractivity contribution in [2.75, 3.05) is 25.5 Å². The summed E-state index contributed by atoms with van der Waals surface area (Å²) in [7, 11) is 0. The Balaban J connectivity index is 1.62. The summed E-state index contributed by atoms with van der Waals surface area (Å²) in [5, 5.41) is 1.23. The Morgan fingerprint density at radius 2 is 2.04 bits per heavy atom. The molecule has 1 unspecified atom stereocenters. The molecule has 1 aromatic rings. The van der Waals surface area contributed by atoms with Gasteiger partial charge in [0.05, 0.1) is 30.0 Å². The fraction of sp³-hybridized carbons (Fsp3) is 0.562. The molecule has 23 heavy (non-hydrogen) atoms. The summed E-state index contributed by atoms with van der Waals surface area (Å²) < 4.78 is 11.2. The Morgan fingerprint density at radius 1 is 1.26 bits per heavy atom. The summed E-state index contributed by atoms with van der Waals surface area (Å²) in [5.41, 5.74) is 0. The molecule has 7 heteroatoms. The van der Waals surface area contributed by atoms with Gasteiger partial charge < -0.3 is 14.4 Å². The molecule has 0 N–H and O–H groups in total.